The van der Waals surface area contributed by atoms with Crippen LogP contribution in [0.25, 0.3) is 0 Å². The smallest absolute Gasteiger partial charge is 0.273 e. The lowest BCUT2D eigenvalue weighted by atomic mass is 9.90. The molecule has 2 heterocycles. The van der Waals surface area contributed by atoms with E-state index in [2.05, 4.69) is 39.9 Å². The number of carbonyl (C=O) groups is 1. The normalized spacial score (nSPS) is 26.4. The van der Waals surface area contributed by atoms with Gasteiger partial charge in [0, 0.05) is 12.1 Å². The van der Waals surface area contributed by atoms with E-state index in [1.807, 2.05) is 4.68 Å². The molecule has 1 saturated carbocycles. The Labute approximate surface area is 137 Å². The lowest BCUT2D eigenvalue weighted by Gasteiger charge is -2.33. The quantitative estimate of drug-likeness (QED) is 0.858. The topological polar surface area (TPSA) is 75.1 Å². The Hall–Kier alpha value is -1.47. The Morgan fingerprint density at radius 3 is 2.83 bits per heavy atom. The minimum Gasteiger partial charge on any atom is -0.348 e. The second-order valence-electron chi connectivity index (χ2n) is 7.02. The number of hydrogen-bond donors (Lipinski definition) is 2. The molecule has 128 valence electrons. The SMILES string of the molecule is CN(C)C1CCCC(NC(=O)c2cn(C3CCNCC3)nn2)C1. The van der Waals surface area contributed by atoms with Crippen LogP contribution in [-0.2, 0) is 0 Å². The highest BCUT2D eigenvalue weighted by Crippen LogP contribution is 2.22. The van der Waals surface area contributed by atoms with Gasteiger partial charge in [0.25, 0.3) is 5.91 Å². The Balaban J connectivity index is 1.57. The average molecular weight is 320 g/mol. The largest absolute Gasteiger partial charge is 0.348 e. The first-order valence-electron chi connectivity index (χ1n) is 8.73. The lowest BCUT2D eigenvalue weighted by Crippen LogP contribution is -2.43. The summed E-state index contributed by atoms with van der Waals surface area (Å²) in [5.41, 5.74) is 0.440. The summed E-state index contributed by atoms with van der Waals surface area (Å²) in [6.45, 7) is 2.00. The molecule has 2 unspecified atom stereocenters. The molecule has 1 aliphatic heterocycles. The van der Waals surface area contributed by atoms with E-state index in [0.717, 1.165) is 45.2 Å². The van der Waals surface area contributed by atoms with Crippen molar-refractivity contribution in [2.75, 3.05) is 27.2 Å². The maximum Gasteiger partial charge on any atom is 0.273 e. The molecule has 23 heavy (non-hydrogen) atoms. The molecule has 0 radical (unpaired) electrons. The van der Waals surface area contributed by atoms with Crippen LogP contribution in [0, 0.1) is 0 Å². The first kappa shape index (κ1) is 16.4. The van der Waals surface area contributed by atoms with Gasteiger partial charge >= 0.3 is 0 Å². The molecule has 1 amide bonds. The summed E-state index contributed by atoms with van der Waals surface area (Å²) in [4.78, 5) is 14.7. The first-order chi connectivity index (χ1) is 11.1. The molecule has 2 fully saturated rings. The summed E-state index contributed by atoms with van der Waals surface area (Å²) in [6.07, 6.45) is 8.33. The highest BCUT2D eigenvalue weighted by Gasteiger charge is 2.26. The zero-order chi connectivity index (χ0) is 16.2. The molecule has 7 heteroatoms. The van der Waals surface area contributed by atoms with Gasteiger partial charge in [-0.2, -0.15) is 0 Å². The van der Waals surface area contributed by atoms with Crippen LogP contribution in [0.3, 0.4) is 0 Å². The first-order valence-corrected chi connectivity index (χ1v) is 8.73. The Bertz CT molecular complexity index is 522. The van der Waals surface area contributed by atoms with Gasteiger partial charge in [0.15, 0.2) is 5.69 Å². The number of nitrogens with zero attached hydrogens (tertiary/aromatic N) is 4. The minimum absolute atomic E-state index is 0.0883. The number of amides is 1. The van der Waals surface area contributed by atoms with Crippen LogP contribution >= 0.6 is 0 Å². The average Bonchev–Trinajstić information content (AvgIpc) is 3.06. The summed E-state index contributed by atoms with van der Waals surface area (Å²) in [5.74, 6) is -0.0883. The monoisotopic (exact) mass is 320 g/mol. The number of nitrogens with one attached hydrogen (secondary N) is 2. The van der Waals surface area contributed by atoms with Crippen molar-refractivity contribution >= 4 is 5.91 Å². The van der Waals surface area contributed by atoms with Gasteiger partial charge in [0.05, 0.1) is 12.2 Å². The molecular formula is C16H28N6O. The van der Waals surface area contributed by atoms with Crippen LogP contribution < -0.4 is 10.6 Å². The highest BCUT2D eigenvalue weighted by molar-refractivity contribution is 5.92. The van der Waals surface area contributed by atoms with Crippen molar-refractivity contribution in [3.8, 4) is 0 Å². The van der Waals surface area contributed by atoms with E-state index in [0.29, 0.717) is 17.8 Å². The number of hydrogen-bond acceptors (Lipinski definition) is 5. The predicted octanol–water partition coefficient (Wildman–Crippen LogP) is 0.805. The van der Waals surface area contributed by atoms with Gasteiger partial charge in [-0.05, 0) is 65.7 Å². The number of carbonyl (C=O) groups excluding carboxylic acids is 1. The third kappa shape index (κ3) is 4.09. The molecule has 1 aromatic heterocycles. The summed E-state index contributed by atoms with van der Waals surface area (Å²) >= 11 is 0. The Morgan fingerprint density at radius 2 is 2.09 bits per heavy atom. The van der Waals surface area contributed by atoms with Crippen LogP contribution in [0.15, 0.2) is 6.20 Å². The maximum atomic E-state index is 12.4. The molecule has 2 aliphatic rings. The molecule has 0 aromatic carbocycles. The third-order valence-corrected chi connectivity index (χ3v) is 5.14. The summed E-state index contributed by atoms with van der Waals surface area (Å²) in [7, 11) is 4.22. The maximum absolute atomic E-state index is 12.4. The van der Waals surface area contributed by atoms with Crippen LogP contribution in [0.4, 0.5) is 0 Å². The van der Waals surface area contributed by atoms with Gasteiger partial charge in [0.2, 0.25) is 0 Å². The van der Waals surface area contributed by atoms with Crippen molar-refractivity contribution < 1.29 is 4.79 Å². The van der Waals surface area contributed by atoms with Crippen LogP contribution in [0.5, 0.6) is 0 Å². The zero-order valence-corrected chi connectivity index (χ0v) is 14.2. The molecule has 7 nitrogen and oxygen atoms in total. The molecule has 1 aromatic rings. The Morgan fingerprint density at radius 1 is 1.30 bits per heavy atom. The number of piperidine rings is 1. The van der Waals surface area contributed by atoms with Gasteiger partial charge in [-0.25, -0.2) is 4.68 Å². The molecule has 1 aliphatic carbocycles. The predicted molar refractivity (Wildman–Crippen MR) is 88.4 cm³/mol. The van der Waals surface area contributed by atoms with E-state index in [4.69, 9.17) is 0 Å². The van der Waals surface area contributed by atoms with E-state index in [1.165, 1.54) is 6.42 Å². The van der Waals surface area contributed by atoms with Crippen LogP contribution in [0.1, 0.15) is 55.1 Å². The standard InChI is InChI=1S/C16H28N6O/c1-21(2)14-5-3-4-12(10-14)18-16(23)15-11-22(20-19-15)13-6-8-17-9-7-13/h11-14,17H,3-10H2,1-2H3,(H,18,23). The van der Waals surface area contributed by atoms with Crippen LogP contribution in [-0.4, -0.2) is 65.1 Å². The zero-order valence-electron chi connectivity index (χ0n) is 14.2. The van der Waals surface area contributed by atoms with Gasteiger partial charge < -0.3 is 15.5 Å². The second kappa shape index (κ2) is 7.40. The van der Waals surface area contributed by atoms with E-state index >= 15 is 0 Å². The molecular weight excluding hydrogens is 292 g/mol. The molecule has 0 spiro atoms. The lowest BCUT2D eigenvalue weighted by molar-refractivity contribution is 0.0906. The molecule has 3 rings (SSSR count). The van der Waals surface area contributed by atoms with E-state index in [1.54, 1.807) is 6.20 Å². The van der Waals surface area contributed by atoms with Crippen molar-refractivity contribution in [1.29, 1.82) is 0 Å². The van der Waals surface area contributed by atoms with Crippen molar-refractivity contribution in [3.63, 3.8) is 0 Å². The third-order valence-electron chi connectivity index (χ3n) is 5.14. The van der Waals surface area contributed by atoms with Crippen LogP contribution in [0.2, 0.25) is 0 Å². The van der Waals surface area contributed by atoms with Gasteiger partial charge in [-0.15, -0.1) is 5.10 Å². The fourth-order valence-electron chi connectivity index (χ4n) is 3.65. The molecule has 1 saturated heterocycles. The van der Waals surface area contributed by atoms with E-state index in [-0.39, 0.29) is 11.9 Å². The fourth-order valence-corrected chi connectivity index (χ4v) is 3.65. The molecule has 2 N–H and O–H groups in total. The van der Waals surface area contributed by atoms with E-state index < -0.39 is 0 Å². The number of aromatic nitrogens is 3. The summed E-state index contributed by atoms with van der Waals surface area (Å²) < 4.78 is 1.86. The highest BCUT2D eigenvalue weighted by atomic mass is 16.2. The summed E-state index contributed by atoms with van der Waals surface area (Å²) in [5, 5.41) is 14.7. The second-order valence-corrected chi connectivity index (χ2v) is 7.02. The van der Waals surface area contributed by atoms with Crippen molar-refractivity contribution in [3.05, 3.63) is 11.9 Å². The minimum atomic E-state index is -0.0883. The van der Waals surface area contributed by atoms with Crippen molar-refractivity contribution in [1.82, 2.24) is 30.5 Å². The van der Waals surface area contributed by atoms with Gasteiger partial charge in [-0.3, -0.25) is 4.79 Å². The fraction of sp³-hybridized carbons (Fsp3) is 0.812. The van der Waals surface area contributed by atoms with Gasteiger partial charge in [-0.1, -0.05) is 5.21 Å². The van der Waals surface area contributed by atoms with Crippen molar-refractivity contribution in [2.45, 2.75) is 56.7 Å². The van der Waals surface area contributed by atoms with Crippen molar-refractivity contribution in [2.24, 2.45) is 0 Å². The Kier molecular flexibility index (Phi) is 5.27. The molecule has 0 bridgehead atoms. The number of rotatable bonds is 4. The summed E-state index contributed by atoms with van der Waals surface area (Å²) in [6, 6.07) is 1.16. The molecule has 2 atom stereocenters. The van der Waals surface area contributed by atoms with E-state index in [9.17, 15) is 4.79 Å². The van der Waals surface area contributed by atoms with Gasteiger partial charge in [0.1, 0.15) is 0 Å².